The normalized spacial score (nSPS) is 18.6. The number of rotatable bonds is 7. The number of halogens is 3. The molecule has 1 aliphatic carbocycles. The van der Waals surface area contributed by atoms with Gasteiger partial charge in [0.2, 0.25) is 0 Å². The molecule has 1 N–H and O–H groups in total. The van der Waals surface area contributed by atoms with Crippen molar-refractivity contribution in [2.24, 2.45) is 0 Å². The van der Waals surface area contributed by atoms with E-state index in [1.807, 2.05) is 9.58 Å². The Hall–Kier alpha value is -2.55. The standard InChI is InChI=1S/C23H29F3N4O2/c1-2-10-30-20-9-8-17(14-19(20)21(28-30)22(31)29-11-3-4-12-29)27-15-16-6-5-7-18(13-16)32-23(24,25)26/h5-7,13,17,27H,2-4,8-12,14-15H2,1H3/t17-/m0/s1. The van der Waals surface area contributed by atoms with Gasteiger partial charge in [-0.2, -0.15) is 5.10 Å². The van der Waals surface area contributed by atoms with Crippen LogP contribution in [0.3, 0.4) is 0 Å². The number of ether oxygens (including phenoxy) is 1. The molecule has 4 rings (SSSR count). The van der Waals surface area contributed by atoms with Crippen molar-refractivity contribution in [3.63, 3.8) is 0 Å². The molecule has 1 aliphatic heterocycles. The second-order valence-corrected chi connectivity index (χ2v) is 8.51. The second kappa shape index (κ2) is 9.52. The van der Waals surface area contributed by atoms with Gasteiger partial charge in [0, 0.05) is 43.5 Å². The van der Waals surface area contributed by atoms with E-state index in [4.69, 9.17) is 5.10 Å². The third-order valence-corrected chi connectivity index (χ3v) is 6.10. The van der Waals surface area contributed by atoms with Gasteiger partial charge in [0.1, 0.15) is 5.75 Å². The van der Waals surface area contributed by atoms with Gasteiger partial charge in [0.25, 0.3) is 5.91 Å². The summed E-state index contributed by atoms with van der Waals surface area (Å²) in [5.74, 6) is -0.201. The van der Waals surface area contributed by atoms with E-state index in [0.29, 0.717) is 24.2 Å². The summed E-state index contributed by atoms with van der Waals surface area (Å²) in [5, 5.41) is 8.15. The van der Waals surface area contributed by atoms with Crippen molar-refractivity contribution in [2.45, 2.75) is 70.9 Å². The van der Waals surface area contributed by atoms with Crippen LogP contribution in [0.25, 0.3) is 0 Å². The summed E-state index contributed by atoms with van der Waals surface area (Å²) in [6.07, 6.45) is 0.706. The van der Waals surface area contributed by atoms with Crippen molar-refractivity contribution in [3.05, 3.63) is 46.8 Å². The molecular weight excluding hydrogens is 421 g/mol. The molecule has 1 aromatic heterocycles. The molecule has 0 bridgehead atoms. The molecule has 1 amide bonds. The van der Waals surface area contributed by atoms with E-state index in [1.165, 1.54) is 12.1 Å². The molecule has 1 fully saturated rings. The molecule has 6 nitrogen and oxygen atoms in total. The van der Waals surface area contributed by atoms with Crippen LogP contribution in [-0.2, 0) is 25.9 Å². The average molecular weight is 451 g/mol. The Balaban J connectivity index is 1.46. The van der Waals surface area contributed by atoms with Gasteiger partial charge >= 0.3 is 6.36 Å². The fraction of sp³-hybridized carbons (Fsp3) is 0.565. The maximum Gasteiger partial charge on any atom is 0.573 e. The van der Waals surface area contributed by atoms with E-state index in [9.17, 15) is 18.0 Å². The largest absolute Gasteiger partial charge is 0.573 e. The van der Waals surface area contributed by atoms with Crippen molar-refractivity contribution in [1.29, 1.82) is 0 Å². The molecule has 2 heterocycles. The van der Waals surface area contributed by atoms with Crippen LogP contribution in [0.15, 0.2) is 24.3 Å². The van der Waals surface area contributed by atoms with E-state index in [2.05, 4.69) is 17.0 Å². The summed E-state index contributed by atoms with van der Waals surface area (Å²) in [5.41, 5.74) is 3.45. The smallest absolute Gasteiger partial charge is 0.406 e. The van der Waals surface area contributed by atoms with Gasteiger partial charge in [-0.3, -0.25) is 9.48 Å². The molecule has 9 heteroatoms. The number of carbonyl (C=O) groups is 1. The number of alkyl halides is 3. The van der Waals surface area contributed by atoms with E-state index in [1.54, 1.807) is 12.1 Å². The number of likely N-dealkylation sites (tertiary alicyclic amines) is 1. The number of hydrogen-bond acceptors (Lipinski definition) is 4. The molecule has 1 saturated heterocycles. The van der Waals surface area contributed by atoms with Gasteiger partial charge in [0.05, 0.1) is 0 Å². The van der Waals surface area contributed by atoms with Crippen LogP contribution in [0.4, 0.5) is 13.2 Å². The Labute approximate surface area is 185 Å². The fourth-order valence-electron chi connectivity index (χ4n) is 4.62. The zero-order chi connectivity index (χ0) is 22.7. The average Bonchev–Trinajstić information content (AvgIpc) is 3.40. The van der Waals surface area contributed by atoms with Crippen molar-refractivity contribution in [2.75, 3.05) is 13.1 Å². The molecule has 1 atom stereocenters. The van der Waals surface area contributed by atoms with E-state index < -0.39 is 6.36 Å². The Morgan fingerprint density at radius 2 is 2.06 bits per heavy atom. The molecule has 174 valence electrons. The minimum absolute atomic E-state index is 0.0197. The van der Waals surface area contributed by atoms with Gasteiger partial charge < -0.3 is 15.0 Å². The summed E-state index contributed by atoms with van der Waals surface area (Å²) in [6.45, 7) is 4.88. The zero-order valence-electron chi connectivity index (χ0n) is 18.2. The molecule has 0 unspecified atom stereocenters. The zero-order valence-corrected chi connectivity index (χ0v) is 18.2. The monoisotopic (exact) mass is 450 g/mol. The maximum absolute atomic E-state index is 13.1. The first-order valence-corrected chi connectivity index (χ1v) is 11.3. The van der Waals surface area contributed by atoms with Crippen molar-refractivity contribution < 1.29 is 22.7 Å². The number of fused-ring (bicyclic) bond motifs is 1. The first kappa shape index (κ1) is 22.6. The second-order valence-electron chi connectivity index (χ2n) is 8.51. The lowest BCUT2D eigenvalue weighted by atomic mass is 9.91. The van der Waals surface area contributed by atoms with Crippen LogP contribution < -0.4 is 10.1 Å². The highest BCUT2D eigenvalue weighted by atomic mass is 19.4. The highest BCUT2D eigenvalue weighted by Gasteiger charge is 2.32. The van der Waals surface area contributed by atoms with Gasteiger partial charge in [0.15, 0.2) is 5.69 Å². The van der Waals surface area contributed by atoms with Crippen molar-refractivity contribution in [3.8, 4) is 5.75 Å². The van der Waals surface area contributed by atoms with Gasteiger partial charge in [-0.25, -0.2) is 0 Å². The van der Waals surface area contributed by atoms with Gasteiger partial charge in [-0.05, 0) is 56.2 Å². The Kier molecular flexibility index (Phi) is 6.74. The molecule has 0 radical (unpaired) electrons. The number of aromatic nitrogens is 2. The number of aryl methyl sites for hydroxylation is 1. The fourth-order valence-corrected chi connectivity index (χ4v) is 4.62. The molecule has 2 aromatic rings. The lowest BCUT2D eigenvalue weighted by Gasteiger charge is -2.25. The van der Waals surface area contributed by atoms with Crippen LogP contribution >= 0.6 is 0 Å². The van der Waals surface area contributed by atoms with Crippen LogP contribution in [0.5, 0.6) is 5.75 Å². The van der Waals surface area contributed by atoms with Crippen LogP contribution in [-0.4, -0.2) is 46.1 Å². The topological polar surface area (TPSA) is 59.4 Å². The number of nitrogens with zero attached hydrogens (tertiary/aromatic N) is 3. The number of carbonyl (C=O) groups excluding carboxylic acids is 1. The molecule has 32 heavy (non-hydrogen) atoms. The predicted octanol–water partition coefficient (Wildman–Crippen LogP) is 4.07. The summed E-state index contributed by atoms with van der Waals surface area (Å²) in [6, 6.07) is 6.14. The number of hydrogen-bond donors (Lipinski definition) is 1. The summed E-state index contributed by atoms with van der Waals surface area (Å²) < 4.78 is 43.5. The predicted molar refractivity (Wildman–Crippen MR) is 113 cm³/mol. The molecule has 0 spiro atoms. The lowest BCUT2D eigenvalue weighted by molar-refractivity contribution is -0.274. The number of amides is 1. The minimum Gasteiger partial charge on any atom is -0.406 e. The Bertz CT molecular complexity index is 951. The van der Waals surface area contributed by atoms with Gasteiger partial charge in [-0.1, -0.05) is 19.1 Å². The third kappa shape index (κ3) is 5.26. The number of benzene rings is 1. The van der Waals surface area contributed by atoms with Crippen molar-refractivity contribution in [1.82, 2.24) is 20.0 Å². The third-order valence-electron chi connectivity index (χ3n) is 6.10. The highest BCUT2D eigenvalue weighted by Crippen LogP contribution is 2.28. The molecule has 0 saturated carbocycles. The van der Waals surface area contributed by atoms with Gasteiger partial charge in [-0.15, -0.1) is 13.2 Å². The SMILES string of the molecule is CCCn1nc(C(=O)N2CCCC2)c2c1CC[C@H](NCc1cccc(OC(F)(F)F)c1)C2. The highest BCUT2D eigenvalue weighted by molar-refractivity contribution is 5.94. The van der Waals surface area contributed by atoms with E-state index in [-0.39, 0.29) is 17.7 Å². The molecule has 1 aromatic carbocycles. The first-order chi connectivity index (χ1) is 15.3. The Morgan fingerprint density at radius 1 is 1.28 bits per heavy atom. The quantitative estimate of drug-likeness (QED) is 0.691. The summed E-state index contributed by atoms with van der Waals surface area (Å²) in [4.78, 5) is 15.0. The summed E-state index contributed by atoms with van der Waals surface area (Å²) in [7, 11) is 0. The minimum atomic E-state index is -4.71. The molecular formula is C23H29F3N4O2. The Morgan fingerprint density at radius 3 is 2.78 bits per heavy atom. The number of nitrogens with one attached hydrogen (secondary N) is 1. The lowest BCUT2D eigenvalue weighted by Crippen LogP contribution is -2.35. The van der Waals surface area contributed by atoms with Crippen molar-refractivity contribution >= 4 is 5.91 Å². The molecule has 2 aliphatic rings. The summed E-state index contributed by atoms with van der Waals surface area (Å²) >= 11 is 0. The van der Waals surface area contributed by atoms with Crippen LogP contribution in [0.1, 0.15) is 59.9 Å². The maximum atomic E-state index is 13.1. The van der Waals surface area contributed by atoms with E-state index in [0.717, 1.165) is 63.0 Å². The first-order valence-electron chi connectivity index (χ1n) is 11.3. The van der Waals surface area contributed by atoms with E-state index >= 15 is 0 Å². The van der Waals surface area contributed by atoms with Crippen LogP contribution in [0, 0.1) is 0 Å². The van der Waals surface area contributed by atoms with Crippen LogP contribution in [0.2, 0.25) is 0 Å².